The van der Waals surface area contributed by atoms with Gasteiger partial charge in [0.15, 0.2) is 34.9 Å². The fourth-order valence-electron chi connectivity index (χ4n) is 19.7. The number of pyridine rings is 2. The summed E-state index contributed by atoms with van der Waals surface area (Å²) in [6, 6.07) is 139. The van der Waals surface area contributed by atoms with Crippen LogP contribution in [0, 0.1) is 0 Å². The average Bonchev–Trinajstić information content (AvgIpc) is 1.50. The number of para-hydroxylation sites is 6. The zero-order chi connectivity index (χ0) is 87.2. The Bertz CT molecular complexity index is 7640. The SMILES string of the molecule is Brc1cccc(-c2nc(-c3ccccc3)nc(-c3ccccc3)n2)c1.CC1(C)OB(c2cccc3c2Oc2c(-c4cccc5cccnc45)cccc2C32c3ccccc3-c3ccccc32)OC1(C)C.c1ccc(-c2nc(-c3ccccc3)nc(-c3cccc(-c4cccc5c4Oc4c(-c6cccc7cccnc67)cccc4C54c5ccccc5-c5ccccc54)c3)n2)cc1. The van der Waals surface area contributed by atoms with Crippen LogP contribution in [-0.2, 0) is 20.1 Å². The molecule has 0 N–H and O–H groups in total. The zero-order valence-corrected chi connectivity index (χ0v) is 73.0. The van der Waals surface area contributed by atoms with E-state index in [9.17, 15) is 0 Å². The molecule has 7 heterocycles. The van der Waals surface area contributed by atoms with Gasteiger partial charge < -0.3 is 18.8 Å². The van der Waals surface area contributed by atoms with Crippen molar-refractivity contribution in [2.45, 2.75) is 49.7 Å². The first kappa shape index (κ1) is 79.1. The van der Waals surface area contributed by atoms with E-state index >= 15 is 0 Å². The monoisotopic (exact) mass is 1740 g/mol. The first-order valence-corrected chi connectivity index (χ1v) is 44.6. The van der Waals surface area contributed by atoms with Gasteiger partial charge in [0.25, 0.3) is 0 Å². The van der Waals surface area contributed by atoms with Gasteiger partial charge in [0.05, 0.1) is 33.1 Å². The van der Waals surface area contributed by atoms with Gasteiger partial charge in [0.2, 0.25) is 0 Å². The minimum atomic E-state index is -0.652. The molecule has 0 amide bonds. The van der Waals surface area contributed by atoms with E-state index in [0.29, 0.717) is 34.9 Å². The van der Waals surface area contributed by atoms with Crippen molar-refractivity contribution in [3.05, 3.63) is 462 Å². The molecule has 0 radical (unpaired) electrons. The van der Waals surface area contributed by atoms with Crippen LogP contribution in [0.15, 0.2) is 417 Å². The maximum Gasteiger partial charge on any atom is 0.498 e. The maximum atomic E-state index is 7.44. The number of benzene rings is 16. The van der Waals surface area contributed by atoms with Gasteiger partial charge >= 0.3 is 7.12 Å². The summed E-state index contributed by atoms with van der Waals surface area (Å²) in [5, 5.41) is 2.17. The van der Waals surface area contributed by atoms with Crippen LogP contribution in [0.3, 0.4) is 0 Å². The Hall–Kier alpha value is -15.6. The lowest BCUT2D eigenvalue weighted by Crippen LogP contribution is -2.41. The number of rotatable bonds is 10. The second-order valence-corrected chi connectivity index (χ2v) is 35.1. The number of hydrogen-bond acceptors (Lipinski definition) is 12. The standard InChI is InChI=1S/C55H34N4O.C40H32BNO3.C21H14BrN3/c1-3-16-36(17-4-1)52-57-53(37-18-5-2-6-19-37)59-54(58-52)39-22-11-21-38(34-39)40-26-13-31-47-50(40)60-51-44(43-27-12-20-35-23-15-33-56-49(35)43)28-14-32-48(51)55(47)45-29-9-7-24-41(45)42-25-8-10-30-46(42)55;1-38(2)39(3,4)45-41(44-38)34-23-11-22-33-37(34)43-36-29(28-17-9-13-25-14-12-24-42-35(25)28)18-10-21-32(36)40(33)30-19-7-5-15-26(30)27-16-6-8-20-31(27)40;22-18-13-7-12-17(14-18)21-24-19(15-8-3-1-4-9-15)23-20(25-21)16-10-5-2-6-11-16/h1-34H;5-24H,1-4H3;1-14H. The minimum Gasteiger partial charge on any atom is -0.456 e. The number of fused-ring (bicyclic) bond motifs is 20. The predicted molar refractivity (Wildman–Crippen MR) is 524 cm³/mol. The van der Waals surface area contributed by atoms with Crippen LogP contribution in [0.4, 0.5) is 0 Å². The highest BCUT2D eigenvalue weighted by Gasteiger charge is 2.57. The lowest BCUT2D eigenvalue weighted by Gasteiger charge is -2.41. The fraction of sp³-hybridized carbons (Fsp3) is 0.0690. The topological polar surface area (TPSA) is 140 Å². The summed E-state index contributed by atoms with van der Waals surface area (Å²) < 4.78 is 29.0. The third kappa shape index (κ3) is 13.2. The largest absolute Gasteiger partial charge is 0.498 e. The summed E-state index contributed by atoms with van der Waals surface area (Å²) in [4.78, 5) is 38.9. The van der Waals surface area contributed by atoms with Gasteiger partial charge in [-0.3, -0.25) is 9.97 Å². The molecule has 0 unspecified atom stereocenters. The second kappa shape index (κ2) is 32.1. The molecular weight excluding hydrogens is 1660 g/mol. The van der Waals surface area contributed by atoms with Crippen molar-refractivity contribution in [3.63, 3.8) is 0 Å². The first-order valence-electron chi connectivity index (χ1n) is 43.8. The number of nitrogens with zero attached hydrogens (tertiary/aromatic N) is 8. The van der Waals surface area contributed by atoms with Crippen LogP contribution in [0.25, 0.3) is 146 Å². The van der Waals surface area contributed by atoms with Crippen LogP contribution in [0.5, 0.6) is 23.0 Å². The van der Waals surface area contributed by atoms with Crippen LogP contribution >= 0.6 is 15.9 Å². The number of aromatic nitrogens is 8. The molecule has 20 aromatic rings. The van der Waals surface area contributed by atoms with E-state index in [1.807, 2.05) is 170 Å². The Morgan fingerprint density at radius 2 is 0.508 bits per heavy atom. The van der Waals surface area contributed by atoms with Crippen molar-refractivity contribution in [1.29, 1.82) is 0 Å². The number of ether oxygens (including phenoxy) is 2. The molecular formula is C116H80BBrN8O4. The highest BCUT2D eigenvalue weighted by Crippen LogP contribution is 2.66. The van der Waals surface area contributed by atoms with E-state index in [1.54, 1.807) is 0 Å². The Kier molecular flexibility index (Phi) is 19.5. The van der Waals surface area contributed by atoms with E-state index < -0.39 is 29.2 Å². The molecule has 1 fully saturated rings. The van der Waals surface area contributed by atoms with Gasteiger partial charge in [-0.1, -0.05) is 386 Å². The van der Waals surface area contributed by atoms with Gasteiger partial charge in [-0.2, -0.15) is 0 Å². The molecule has 2 spiro atoms. The van der Waals surface area contributed by atoms with Crippen LogP contribution < -0.4 is 14.9 Å². The molecule has 2 aliphatic carbocycles. The van der Waals surface area contributed by atoms with Crippen molar-refractivity contribution in [2.24, 2.45) is 0 Å². The lowest BCUT2D eigenvalue weighted by molar-refractivity contribution is 0.00578. The lowest BCUT2D eigenvalue weighted by atomic mass is 9.63. The van der Waals surface area contributed by atoms with Gasteiger partial charge in [-0.25, -0.2) is 29.9 Å². The molecule has 5 aliphatic rings. The molecule has 4 aromatic heterocycles. The number of hydrogen-bond donors (Lipinski definition) is 0. The zero-order valence-electron chi connectivity index (χ0n) is 71.4. The van der Waals surface area contributed by atoms with E-state index in [2.05, 4.69) is 291 Å². The quantitative estimate of drug-likeness (QED) is 0.120. The van der Waals surface area contributed by atoms with Crippen LogP contribution in [0.2, 0.25) is 0 Å². The van der Waals surface area contributed by atoms with Crippen molar-refractivity contribution in [3.8, 4) is 147 Å². The van der Waals surface area contributed by atoms with E-state index in [1.165, 1.54) is 44.5 Å². The molecule has 618 valence electrons. The Morgan fingerprint density at radius 3 is 0.915 bits per heavy atom. The van der Waals surface area contributed by atoms with Crippen LogP contribution in [0.1, 0.15) is 72.2 Å². The van der Waals surface area contributed by atoms with Gasteiger partial charge in [0, 0.05) is 117 Å². The Labute approximate surface area is 762 Å². The van der Waals surface area contributed by atoms with E-state index in [-0.39, 0.29) is 0 Å². The van der Waals surface area contributed by atoms with Crippen molar-refractivity contribution < 1.29 is 18.8 Å². The summed E-state index contributed by atoms with van der Waals surface area (Å²) in [6.07, 6.45) is 3.73. The second-order valence-electron chi connectivity index (χ2n) is 34.2. The van der Waals surface area contributed by atoms with Crippen molar-refractivity contribution in [2.75, 3.05) is 0 Å². The average molecular weight is 1740 g/mol. The molecule has 25 rings (SSSR count). The summed E-state index contributed by atoms with van der Waals surface area (Å²) in [7, 11) is -0.582. The summed E-state index contributed by atoms with van der Waals surface area (Å²) in [6.45, 7) is 8.37. The summed E-state index contributed by atoms with van der Waals surface area (Å²) >= 11 is 3.52. The van der Waals surface area contributed by atoms with E-state index in [0.717, 1.165) is 144 Å². The smallest absolute Gasteiger partial charge is 0.456 e. The third-order valence-corrected chi connectivity index (χ3v) is 26.8. The third-order valence-electron chi connectivity index (χ3n) is 26.3. The molecule has 130 heavy (non-hydrogen) atoms. The first-order chi connectivity index (χ1) is 63.9. The van der Waals surface area contributed by atoms with Crippen molar-refractivity contribution in [1.82, 2.24) is 39.9 Å². The van der Waals surface area contributed by atoms with E-state index in [4.69, 9.17) is 53.7 Å². The Morgan fingerprint density at radius 1 is 0.231 bits per heavy atom. The summed E-state index contributed by atoms with van der Waals surface area (Å²) in [5.41, 5.74) is 26.5. The molecule has 12 nitrogen and oxygen atoms in total. The Balaban J connectivity index is 0.000000121. The molecule has 14 heteroatoms. The molecule has 0 saturated carbocycles. The maximum absolute atomic E-state index is 7.44. The fourth-order valence-corrected chi connectivity index (χ4v) is 20.1. The molecule has 3 aliphatic heterocycles. The highest BCUT2D eigenvalue weighted by atomic mass is 79.9. The van der Waals surface area contributed by atoms with Crippen molar-refractivity contribution >= 4 is 50.3 Å². The van der Waals surface area contributed by atoms with Gasteiger partial charge in [-0.05, 0) is 108 Å². The minimum absolute atomic E-state index is 0.489. The molecule has 1 saturated heterocycles. The molecule has 0 atom stereocenters. The molecule has 16 aromatic carbocycles. The normalized spacial score (nSPS) is 14.2. The molecule has 0 bridgehead atoms. The number of halogens is 1. The predicted octanol–water partition coefficient (Wildman–Crippen LogP) is 27.5. The summed E-state index contributed by atoms with van der Waals surface area (Å²) in [5.74, 6) is 7.12. The van der Waals surface area contributed by atoms with Crippen LogP contribution in [-0.4, -0.2) is 58.2 Å². The van der Waals surface area contributed by atoms with Gasteiger partial charge in [-0.15, -0.1) is 0 Å². The van der Waals surface area contributed by atoms with Gasteiger partial charge in [0.1, 0.15) is 23.0 Å². The highest BCUT2D eigenvalue weighted by molar-refractivity contribution is 9.10.